The normalized spacial score (nSPS) is 12.2. The predicted octanol–water partition coefficient (Wildman–Crippen LogP) is 2.98. The van der Waals surface area contributed by atoms with Crippen molar-refractivity contribution >= 4 is 5.96 Å². The standard InChI is InChI=1S/C21H33N5O2/c1-6-22-20(25-15-18-24-14-17(28-18)21(3,4)5)23-12-7-8-13-26-16(2)10-9-11-19(26)27/h9-11,14H,6-8,12-13,15H2,1-5H3,(H2,22,23,25). The number of hydrogen-bond acceptors (Lipinski definition) is 4. The van der Waals surface area contributed by atoms with Gasteiger partial charge >= 0.3 is 0 Å². The summed E-state index contributed by atoms with van der Waals surface area (Å²) in [5.41, 5.74) is 0.996. The first-order chi connectivity index (χ1) is 13.3. The number of guanidine groups is 1. The van der Waals surface area contributed by atoms with Crippen LogP contribution in [0.4, 0.5) is 0 Å². The van der Waals surface area contributed by atoms with E-state index in [0.29, 0.717) is 12.4 Å². The topological polar surface area (TPSA) is 84.4 Å². The lowest BCUT2D eigenvalue weighted by molar-refractivity contribution is 0.383. The molecule has 0 radical (unpaired) electrons. The largest absolute Gasteiger partial charge is 0.443 e. The quantitative estimate of drug-likeness (QED) is 0.413. The second kappa shape index (κ2) is 10.1. The number of aromatic nitrogens is 2. The van der Waals surface area contributed by atoms with Crippen molar-refractivity contribution in [2.45, 2.75) is 66.0 Å². The van der Waals surface area contributed by atoms with Gasteiger partial charge in [0.2, 0.25) is 5.89 Å². The molecule has 0 aliphatic carbocycles. The Hall–Kier alpha value is -2.57. The van der Waals surface area contributed by atoms with Crippen molar-refractivity contribution in [2.24, 2.45) is 4.99 Å². The molecule has 0 aliphatic rings. The van der Waals surface area contributed by atoms with Gasteiger partial charge < -0.3 is 19.6 Å². The first kappa shape index (κ1) is 21.7. The lowest BCUT2D eigenvalue weighted by atomic mass is 9.94. The third-order valence-electron chi connectivity index (χ3n) is 4.38. The van der Waals surface area contributed by atoms with E-state index in [1.165, 1.54) is 0 Å². The zero-order chi connectivity index (χ0) is 20.6. The Morgan fingerprint density at radius 1 is 1.25 bits per heavy atom. The van der Waals surface area contributed by atoms with E-state index >= 15 is 0 Å². The molecule has 2 N–H and O–H groups in total. The molecule has 0 spiro atoms. The van der Waals surface area contributed by atoms with Crippen LogP contribution >= 0.6 is 0 Å². The second-order valence-electron chi connectivity index (χ2n) is 7.85. The predicted molar refractivity (Wildman–Crippen MR) is 113 cm³/mol. The van der Waals surface area contributed by atoms with Gasteiger partial charge in [0, 0.05) is 36.8 Å². The van der Waals surface area contributed by atoms with E-state index in [-0.39, 0.29) is 11.0 Å². The Labute approximate surface area is 167 Å². The highest BCUT2D eigenvalue weighted by Crippen LogP contribution is 2.22. The van der Waals surface area contributed by atoms with Crippen LogP contribution in [0.15, 0.2) is 38.6 Å². The van der Waals surface area contributed by atoms with Crippen molar-refractivity contribution in [3.8, 4) is 0 Å². The van der Waals surface area contributed by atoms with E-state index in [0.717, 1.165) is 49.9 Å². The molecule has 0 fully saturated rings. The summed E-state index contributed by atoms with van der Waals surface area (Å²) in [5, 5.41) is 6.56. The van der Waals surface area contributed by atoms with Gasteiger partial charge in [0.15, 0.2) is 5.96 Å². The maximum absolute atomic E-state index is 11.9. The van der Waals surface area contributed by atoms with Gasteiger partial charge in [-0.1, -0.05) is 26.8 Å². The van der Waals surface area contributed by atoms with Crippen molar-refractivity contribution < 1.29 is 4.42 Å². The van der Waals surface area contributed by atoms with Crippen molar-refractivity contribution in [3.63, 3.8) is 0 Å². The molecule has 2 aromatic rings. The monoisotopic (exact) mass is 387 g/mol. The molecule has 0 aliphatic heterocycles. The summed E-state index contributed by atoms with van der Waals surface area (Å²) in [5.74, 6) is 2.22. The number of aliphatic imine (C=N–C) groups is 1. The fourth-order valence-electron chi connectivity index (χ4n) is 2.73. The molecule has 0 aromatic carbocycles. The van der Waals surface area contributed by atoms with Crippen LogP contribution in [0.2, 0.25) is 0 Å². The molecule has 28 heavy (non-hydrogen) atoms. The highest BCUT2D eigenvalue weighted by molar-refractivity contribution is 5.79. The first-order valence-corrected chi connectivity index (χ1v) is 9.95. The summed E-state index contributed by atoms with van der Waals surface area (Å²) in [4.78, 5) is 20.7. The molecular formula is C21H33N5O2. The molecule has 7 heteroatoms. The van der Waals surface area contributed by atoms with Gasteiger partial charge in [-0.25, -0.2) is 9.98 Å². The van der Waals surface area contributed by atoms with Crippen LogP contribution in [0.3, 0.4) is 0 Å². The van der Waals surface area contributed by atoms with E-state index < -0.39 is 0 Å². The second-order valence-corrected chi connectivity index (χ2v) is 7.85. The summed E-state index contributed by atoms with van der Waals surface area (Å²) in [6, 6.07) is 5.37. The number of unbranched alkanes of at least 4 members (excludes halogenated alkanes) is 1. The Balaban J connectivity index is 1.81. The molecule has 154 valence electrons. The van der Waals surface area contributed by atoms with E-state index in [1.807, 2.05) is 24.5 Å². The zero-order valence-electron chi connectivity index (χ0n) is 17.7. The minimum Gasteiger partial charge on any atom is -0.443 e. The Kier molecular flexibility index (Phi) is 7.84. The van der Waals surface area contributed by atoms with E-state index in [2.05, 4.69) is 41.4 Å². The summed E-state index contributed by atoms with van der Waals surface area (Å²) >= 11 is 0. The van der Waals surface area contributed by atoms with Gasteiger partial charge in [0.05, 0.1) is 6.20 Å². The molecule has 0 atom stereocenters. The minimum absolute atomic E-state index is 0.0587. The van der Waals surface area contributed by atoms with Crippen molar-refractivity contribution in [1.29, 1.82) is 0 Å². The fraction of sp³-hybridized carbons (Fsp3) is 0.571. The number of hydrogen-bond donors (Lipinski definition) is 2. The van der Waals surface area contributed by atoms with Gasteiger partial charge in [0.25, 0.3) is 5.56 Å². The van der Waals surface area contributed by atoms with Crippen molar-refractivity contribution in [2.75, 3.05) is 13.1 Å². The van der Waals surface area contributed by atoms with Crippen LogP contribution in [0.5, 0.6) is 0 Å². The molecule has 7 nitrogen and oxygen atoms in total. The molecular weight excluding hydrogens is 354 g/mol. The number of oxazole rings is 1. The molecule has 0 unspecified atom stereocenters. The Morgan fingerprint density at radius 3 is 2.68 bits per heavy atom. The summed E-state index contributed by atoms with van der Waals surface area (Å²) in [6.07, 6.45) is 3.64. The minimum atomic E-state index is -0.0587. The molecule has 2 rings (SSSR count). The van der Waals surface area contributed by atoms with E-state index in [9.17, 15) is 4.79 Å². The van der Waals surface area contributed by atoms with Gasteiger partial charge in [0.1, 0.15) is 12.3 Å². The van der Waals surface area contributed by atoms with Crippen LogP contribution in [0.1, 0.15) is 57.9 Å². The van der Waals surface area contributed by atoms with Crippen LogP contribution in [-0.2, 0) is 18.5 Å². The van der Waals surface area contributed by atoms with Gasteiger partial charge in [-0.15, -0.1) is 0 Å². The fourth-order valence-corrected chi connectivity index (χ4v) is 2.73. The molecule has 0 saturated heterocycles. The third kappa shape index (κ3) is 6.55. The third-order valence-corrected chi connectivity index (χ3v) is 4.38. The van der Waals surface area contributed by atoms with Crippen LogP contribution < -0.4 is 16.2 Å². The number of nitrogens with one attached hydrogen (secondary N) is 2. The molecule has 0 amide bonds. The number of aryl methyl sites for hydroxylation is 1. The summed E-state index contributed by atoms with van der Waals surface area (Å²) in [7, 11) is 0. The first-order valence-electron chi connectivity index (χ1n) is 9.95. The Morgan fingerprint density at radius 2 is 2.04 bits per heavy atom. The van der Waals surface area contributed by atoms with Crippen LogP contribution in [0.25, 0.3) is 0 Å². The van der Waals surface area contributed by atoms with Crippen LogP contribution in [-0.4, -0.2) is 28.6 Å². The van der Waals surface area contributed by atoms with Crippen LogP contribution in [0, 0.1) is 6.92 Å². The molecule has 2 aromatic heterocycles. The molecule has 0 saturated carbocycles. The summed E-state index contributed by atoms with van der Waals surface area (Å²) in [6.45, 7) is 13.0. The lowest BCUT2D eigenvalue weighted by Crippen LogP contribution is -2.37. The average molecular weight is 388 g/mol. The van der Waals surface area contributed by atoms with E-state index in [1.54, 1.807) is 18.3 Å². The number of nitrogens with zero attached hydrogens (tertiary/aromatic N) is 3. The number of rotatable bonds is 8. The highest BCUT2D eigenvalue weighted by atomic mass is 16.4. The van der Waals surface area contributed by atoms with Gasteiger partial charge in [-0.05, 0) is 32.8 Å². The maximum Gasteiger partial charge on any atom is 0.250 e. The lowest BCUT2D eigenvalue weighted by Gasteiger charge is -2.13. The number of pyridine rings is 1. The smallest absolute Gasteiger partial charge is 0.250 e. The Bertz CT molecular complexity index is 830. The molecule has 2 heterocycles. The van der Waals surface area contributed by atoms with Gasteiger partial charge in [-0.3, -0.25) is 4.79 Å². The van der Waals surface area contributed by atoms with E-state index in [4.69, 9.17) is 4.42 Å². The van der Waals surface area contributed by atoms with Crippen molar-refractivity contribution in [3.05, 3.63) is 52.1 Å². The maximum atomic E-state index is 11.9. The van der Waals surface area contributed by atoms with Crippen molar-refractivity contribution in [1.82, 2.24) is 20.2 Å². The molecule has 0 bridgehead atoms. The highest BCUT2D eigenvalue weighted by Gasteiger charge is 2.18. The van der Waals surface area contributed by atoms with Gasteiger partial charge in [-0.2, -0.15) is 0 Å². The zero-order valence-corrected chi connectivity index (χ0v) is 17.7. The summed E-state index contributed by atoms with van der Waals surface area (Å²) < 4.78 is 7.60. The SMILES string of the molecule is CCNC(=NCc1ncc(C(C)(C)C)o1)NCCCCn1c(C)cccc1=O. The average Bonchev–Trinajstić information content (AvgIpc) is 3.11.